The number of nitrogens with two attached hydrogens (primary N) is 1. The van der Waals surface area contributed by atoms with E-state index < -0.39 is 5.82 Å². The normalized spacial score (nSPS) is 11.0. The van der Waals surface area contributed by atoms with Gasteiger partial charge >= 0.3 is 0 Å². The van der Waals surface area contributed by atoms with Crippen LogP contribution in [0.2, 0.25) is 0 Å². The molecule has 0 saturated carbocycles. The van der Waals surface area contributed by atoms with Crippen LogP contribution in [0.25, 0.3) is 21.9 Å². The van der Waals surface area contributed by atoms with Crippen molar-refractivity contribution in [3.05, 3.63) is 58.8 Å². The molecule has 2 aromatic carbocycles. The Morgan fingerprint density at radius 1 is 1.17 bits per heavy atom. The minimum atomic E-state index is -0.431. The number of ether oxygens (including phenoxy) is 1. The first-order valence-corrected chi connectivity index (χ1v) is 7.77. The lowest BCUT2D eigenvalue weighted by atomic mass is 10.0. The number of aromatic nitrogens is 1. The minimum Gasteiger partial charge on any atom is -0.496 e. The fourth-order valence-corrected chi connectivity index (χ4v) is 3.07. The molecule has 0 bridgehead atoms. The molecule has 4 nitrogen and oxygen atoms in total. The first-order valence-electron chi connectivity index (χ1n) is 6.89. The van der Waals surface area contributed by atoms with Gasteiger partial charge in [0.25, 0.3) is 5.56 Å². The van der Waals surface area contributed by atoms with Crippen molar-refractivity contribution in [3.63, 3.8) is 0 Å². The van der Waals surface area contributed by atoms with E-state index in [2.05, 4.69) is 0 Å². The van der Waals surface area contributed by atoms with Crippen molar-refractivity contribution in [2.45, 2.75) is 4.90 Å². The summed E-state index contributed by atoms with van der Waals surface area (Å²) in [6, 6.07) is 9.86. The standard InChI is InChI=1S/C17H15FN2O2S/c1-20-9-14(10-3-6-15(22-2)16(7-10)23-19)12-5-4-11(18)8-13(12)17(20)21/h3-9H,19H2,1-2H3. The Morgan fingerprint density at radius 3 is 2.65 bits per heavy atom. The number of hydrogen-bond acceptors (Lipinski definition) is 4. The fourth-order valence-electron chi connectivity index (χ4n) is 2.61. The van der Waals surface area contributed by atoms with Crippen molar-refractivity contribution in [2.24, 2.45) is 12.2 Å². The summed E-state index contributed by atoms with van der Waals surface area (Å²) in [5.41, 5.74) is 1.48. The van der Waals surface area contributed by atoms with Gasteiger partial charge in [0.2, 0.25) is 0 Å². The van der Waals surface area contributed by atoms with Crippen LogP contribution in [0.5, 0.6) is 5.75 Å². The number of pyridine rings is 1. The average molecular weight is 330 g/mol. The molecule has 1 aromatic heterocycles. The molecular formula is C17H15FN2O2S. The number of rotatable bonds is 3. The van der Waals surface area contributed by atoms with Crippen LogP contribution in [0.3, 0.4) is 0 Å². The molecule has 0 aliphatic rings. The minimum absolute atomic E-state index is 0.231. The van der Waals surface area contributed by atoms with Gasteiger partial charge in [-0.25, -0.2) is 4.39 Å². The molecule has 0 atom stereocenters. The Hall–Kier alpha value is -2.31. The van der Waals surface area contributed by atoms with Gasteiger partial charge in [-0.05, 0) is 47.2 Å². The van der Waals surface area contributed by atoms with E-state index in [0.717, 1.165) is 28.0 Å². The highest BCUT2D eigenvalue weighted by Gasteiger charge is 2.12. The molecule has 3 aromatic rings. The van der Waals surface area contributed by atoms with Gasteiger partial charge in [0.15, 0.2) is 0 Å². The molecule has 0 aliphatic carbocycles. The van der Waals surface area contributed by atoms with Crippen molar-refractivity contribution >= 4 is 22.7 Å². The summed E-state index contributed by atoms with van der Waals surface area (Å²) in [6.45, 7) is 0. The zero-order valence-corrected chi connectivity index (χ0v) is 13.5. The van der Waals surface area contributed by atoms with Crippen LogP contribution in [0.15, 0.2) is 52.3 Å². The third-order valence-electron chi connectivity index (χ3n) is 3.75. The van der Waals surface area contributed by atoms with Gasteiger partial charge in [-0.3, -0.25) is 9.93 Å². The SMILES string of the molecule is COc1ccc(-c2cn(C)c(=O)c3cc(F)ccc23)cc1SN. The molecule has 0 spiro atoms. The summed E-state index contributed by atoms with van der Waals surface area (Å²) >= 11 is 1.09. The molecule has 0 saturated heterocycles. The average Bonchev–Trinajstić information content (AvgIpc) is 2.57. The molecule has 118 valence electrons. The summed E-state index contributed by atoms with van der Waals surface area (Å²) in [6.07, 6.45) is 1.75. The van der Waals surface area contributed by atoms with Crippen LogP contribution >= 0.6 is 11.9 Å². The second-order valence-electron chi connectivity index (χ2n) is 5.13. The molecule has 0 radical (unpaired) electrons. The van der Waals surface area contributed by atoms with Gasteiger partial charge in [-0.2, -0.15) is 0 Å². The number of aryl methyl sites for hydroxylation is 1. The Morgan fingerprint density at radius 2 is 1.96 bits per heavy atom. The first kappa shape index (κ1) is 15.6. The van der Waals surface area contributed by atoms with E-state index in [1.165, 1.54) is 16.7 Å². The fraction of sp³-hybridized carbons (Fsp3) is 0.118. The van der Waals surface area contributed by atoms with Crippen molar-refractivity contribution in [1.29, 1.82) is 0 Å². The number of benzene rings is 2. The topological polar surface area (TPSA) is 57.2 Å². The van der Waals surface area contributed by atoms with E-state index in [0.29, 0.717) is 16.5 Å². The Kier molecular flexibility index (Phi) is 4.11. The Balaban J connectivity index is 2.32. The van der Waals surface area contributed by atoms with Gasteiger partial charge in [0.1, 0.15) is 11.6 Å². The van der Waals surface area contributed by atoms with Crippen molar-refractivity contribution < 1.29 is 9.13 Å². The zero-order valence-electron chi connectivity index (χ0n) is 12.7. The lowest BCUT2D eigenvalue weighted by Crippen LogP contribution is -2.16. The number of nitrogens with zero attached hydrogens (tertiary/aromatic N) is 1. The summed E-state index contributed by atoms with van der Waals surface area (Å²) < 4.78 is 20.2. The number of methoxy groups -OCH3 is 1. The highest BCUT2D eigenvalue weighted by atomic mass is 32.2. The van der Waals surface area contributed by atoms with Crippen LogP contribution in [-0.4, -0.2) is 11.7 Å². The van der Waals surface area contributed by atoms with Crippen molar-refractivity contribution in [2.75, 3.05) is 7.11 Å². The molecule has 3 rings (SSSR count). The predicted molar refractivity (Wildman–Crippen MR) is 91.2 cm³/mol. The molecule has 0 fully saturated rings. The molecule has 2 N–H and O–H groups in total. The van der Waals surface area contributed by atoms with Crippen LogP contribution in [0.1, 0.15) is 0 Å². The lowest BCUT2D eigenvalue weighted by Gasteiger charge is -2.12. The third kappa shape index (κ3) is 2.71. The van der Waals surface area contributed by atoms with Gasteiger partial charge in [0.05, 0.1) is 17.4 Å². The summed E-state index contributed by atoms with van der Waals surface area (Å²) in [5.74, 6) is 0.251. The van der Waals surface area contributed by atoms with E-state index in [1.54, 1.807) is 26.4 Å². The molecule has 0 aliphatic heterocycles. The molecule has 0 amide bonds. The molecule has 6 heteroatoms. The van der Waals surface area contributed by atoms with Crippen LogP contribution in [-0.2, 0) is 7.05 Å². The maximum atomic E-state index is 13.5. The Labute approximate surface area is 136 Å². The molecule has 0 unspecified atom stereocenters. The van der Waals surface area contributed by atoms with Crippen molar-refractivity contribution in [1.82, 2.24) is 4.57 Å². The molecular weight excluding hydrogens is 315 g/mol. The Bertz CT molecular complexity index is 953. The zero-order chi connectivity index (χ0) is 16.6. The summed E-state index contributed by atoms with van der Waals surface area (Å²) in [5, 5.41) is 6.74. The van der Waals surface area contributed by atoms with E-state index in [9.17, 15) is 9.18 Å². The smallest absolute Gasteiger partial charge is 0.258 e. The maximum absolute atomic E-state index is 13.5. The summed E-state index contributed by atoms with van der Waals surface area (Å²) in [4.78, 5) is 13.0. The maximum Gasteiger partial charge on any atom is 0.258 e. The largest absolute Gasteiger partial charge is 0.496 e. The predicted octanol–water partition coefficient (Wildman–Crippen LogP) is 3.32. The van der Waals surface area contributed by atoms with Gasteiger partial charge in [-0.1, -0.05) is 12.1 Å². The number of fused-ring (bicyclic) bond motifs is 1. The van der Waals surface area contributed by atoms with E-state index >= 15 is 0 Å². The van der Waals surface area contributed by atoms with Gasteiger partial charge in [-0.15, -0.1) is 0 Å². The van der Waals surface area contributed by atoms with Gasteiger partial charge < -0.3 is 9.30 Å². The highest BCUT2D eigenvalue weighted by molar-refractivity contribution is 7.97. The second kappa shape index (κ2) is 6.06. The molecule has 23 heavy (non-hydrogen) atoms. The molecule has 1 heterocycles. The van der Waals surface area contributed by atoms with Gasteiger partial charge in [0, 0.05) is 18.8 Å². The highest BCUT2D eigenvalue weighted by Crippen LogP contribution is 2.33. The summed E-state index contributed by atoms with van der Waals surface area (Å²) in [7, 11) is 3.23. The van der Waals surface area contributed by atoms with Crippen LogP contribution in [0, 0.1) is 5.82 Å². The van der Waals surface area contributed by atoms with E-state index in [4.69, 9.17) is 9.88 Å². The van der Waals surface area contributed by atoms with E-state index in [-0.39, 0.29) is 5.56 Å². The first-order chi connectivity index (χ1) is 11.0. The second-order valence-corrected chi connectivity index (χ2v) is 5.81. The monoisotopic (exact) mass is 330 g/mol. The lowest BCUT2D eigenvalue weighted by molar-refractivity contribution is 0.405. The van der Waals surface area contributed by atoms with Crippen LogP contribution < -0.4 is 15.4 Å². The van der Waals surface area contributed by atoms with Crippen molar-refractivity contribution in [3.8, 4) is 16.9 Å². The third-order valence-corrected chi connectivity index (χ3v) is 4.32. The van der Waals surface area contributed by atoms with Crippen LogP contribution in [0.4, 0.5) is 4.39 Å². The number of hydrogen-bond donors (Lipinski definition) is 1. The van der Waals surface area contributed by atoms with E-state index in [1.807, 2.05) is 18.2 Å². The quantitative estimate of drug-likeness (QED) is 0.749. The number of halogens is 1.